The highest BCUT2D eigenvalue weighted by atomic mass is 16.5. The quantitative estimate of drug-likeness (QED) is 0.850. The zero-order chi connectivity index (χ0) is 18.8. The molecule has 148 valence electrons. The average Bonchev–Trinajstić information content (AvgIpc) is 2.67. The Morgan fingerprint density at radius 1 is 1.33 bits per heavy atom. The molecule has 4 heterocycles. The van der Waals surface area contributed by atoms with Gasteiger partial charge in [-0.3, -0.25) is 9.69 Å². The minimum absolute atomic E-state index is 0.185. The first-order valence-electron chi connectivity index (χ1n) is 10.3. The van der Waals surface area contributed by atoms with Crippen LogP contribution in [0, 0.1) is 0 Å². The molecule has 0 aromatic carbocycles. The van der Waals surface area contributed by atoms with E-state index in [2.05, 4.69) is 29.0 Å². The van der Waals surface area contributed by atoms with Crippen LogP contribution in [0.4, 0.5) is 0 Å². The van der Waals surface area contributed by atoms with Gasteiger partial charge >= 0.3 is 0 Å². The SMILES string of the molecule is C[C@@H]1CN(CC(=O)N2CCc3nc([C@@H]4CCCNC4)ncc3C2)C[C@H](C)O1. The van der Waals surface area contributed by atoms with E-state index in [0.29, 0.717) is 19.0 Å². The van der Waals surface area contributed by atoms with Crippen LogP contribution in [0.2, 0.25) is 0 Å². The number of morpholine rings is 1. The van der Waals surface area contributed by atoms with E-state index in [-0.39, 0.29) is 18.1 Å². The Hall–Kier alpha value is -1.57. The Morgan fingerprint density at radius 2 is 2.15 bits per heavy atom. The highest BCUT2D eigenvalue weighted by Gasteiger charge is 2.28. The lowest BCUT2D eigenvalue weighted by molar-refractivity contribution is -0.136. The van der Waals surface area contributed by atoms with Gasteiger partial charge in [0.1, 0.15) is 5.82 Å². The molecule has 3 aliphatic rings. The highest BCUT2D eigenvalue weighted by molar-refractivity contribution is 5.78. The van der Waals surface area contributed by atoms with Crippen LogP contribution in [-0.2, 0) is 22.5 Å². The molecule has 0 aliphatic carbocycles. The predicted molar refractivity (Wildman–Crippen MR) is 102 cm³/mol. The van der Waals surface area contributed by atoms with Crippen LogP contribution in [0.25, 0.3) is 0 Å². The molecule has 3 aliphatic heterocycles. The fraction of sp³-hybridized carbons (Fsp3) is 0.750. The van der Waals surface area contributed by atoms with Gasteiger partial charge in [0.15, 0.2) is 0 Å². The number of fused-ring (bicyclic) bond motifs is 1. The summed E-state index contributed by atoms with van der Waals surface area (Å²) < 4.78 is 5.76. The van der Waals surface area contributed by atoms with Crippen molar-refractivity contribution in [1.29, 1.82) is 0 Å². The van der Waals surface area contributed by atoms with Crippen LogP contribution in [0.5, 0.6) is 0 Å². The number of nitrogens with zero attached hydrogens (tertiary/aromatic N) is 4. The number of aromatic nitrogens is 2. The first-order valence-corrected chi connectivity index (χ1v) is 10.3. The zero-order valence-corrected chi connectivity index (χ0v) is 16.5. The third-order valence-electron chi connectivity index (χ3n) is 5.82. The lowest BCUT2D eigenvalue weighted by Gasteiger charge is -2.36. The van der Waals surface area contributed by atoms with Crippen molar-refractivity contribution in [3.8, 4) is 0 Å². The van der Waals surface area contributed by atoms with Gasteiger partial charge in [0.25, 0.3) is 0 Å². The normalized spacial score (nSPS) is 29.4. The van der Waals surface area contributed by atoms with E-state index in [4.69, 9.17) is 9.72 Å². The van der Waals surface area contributed by atoms with Crippen molar-refractivity contribution < 1.29 is 9.53 Å². The van der Waals surface area contributed by atoms with E-state index in [1.165, 1.54) is 6.42 Å². The van der Waals surface area contributed by atoms with E-state index in [9.17, 15) is 4.79 Å². The van der Waals surface area contributed by atoms with E-state index >= 15 is 0 Å². The number of carbonyl (C=O) groups is 1. The van der Waals surface area contributed by atoms with E-state index in [1.54, 1.807) is 0 Å². The molecule has 1 aromatic rings. The second-order valence-corrected chi connectivity index (χ2v) is 8.26. The van der Waals surface area contributed by atoms with Gasteiger partial charge in [0.2, 0.25) is 5.91 Å². The van der Waals surface area contributed by atoms with Crippen LogP contribution >= 0.6 is 0 Å². The molecular weight excluding hydrogens is 342 g/mol. The molecule has 2 fully saturated rings. The standard InChI is InChI=1S/C20H31N5O2/c1-14-10-24(11-15(2)27-14)13-19(26)25-7-5-18-17(12-25)9-22-20(23-18)16-4-3-6-21-8-16/h9,14-16,21H,3-8,10-13H2,1-2H3/t14-,15+,16-/m1/s1. The molecular formula is C20H31N5O2. The van der Waals surface area contributed by atoms with Gasteiger partial charge in [-0.1, -0.05) is 0 Å². The molecule has 27 heavy (non-hydrogen) atoms. The van der Waals surface area contributed by atoms with Crippen molar-refractivity contribution in [2.45, 2.75) is 57.8 Å². The van der Waals surface area contributed by atoms with Crippen molar-refractivity contribution in [2.75, 3.05) is 39.3 Å². The molecule has 4 rings (SSSR count). The summed E-state index contributed by atoms with van der Waals surface area (Å²) in [7, 11) is 0. The van der Waals surface area contributed by atoms with Crippen molar-refractivity contribution in [3.63, 3.8) is 0 Å². The molecule has 2 saturated heterocycles. The Bertz CT molecular complexity index is 666. The molecule has 1 aromatic heterocycles. The van der Waals surface area contributed by atoms with Crippen LogP contribution < -0.4 is 5.32 Å². The summed E-state index contributed by atoms with van der Waals surface area (Å²) >= 11 is 0. The Labute approximate surface area is 161 Å². The van der Waals surface area contributed by atoms with E-state index in [1.807, 2.05) is 11.1 Å². The summed E-state index contributed by atoms with van der Waals surface area (Å²) in [5.41, 5.74) is 2.23. The van der Waals surface area contributed by atoms with Crippen molar-refractivity contribution in [1.82, 2.24) is 25.1 Å². The molecule has 7 heteroatoms. The third kappa shape index (κ3) is 4.47. The number of nitrogens with one attached hydrogen (secondary N) is 1. The fourth-order valence-corrected chi connectivity index (χ4v) is 4.52. The molecule has 0 spiro atoms. The molecule has 0 unspecified atom stereocenters. The smallest absolute Gasteiger partial charge is 0.237 e. The zero-order valence-electron chi connectivity index (χ0n) is 16.5. The second kappa shape index (κ2) is 8.20. The van der Waals surface area contributed by atoms with Crippen LogP contribution in [0.1, 0.15) is 49.7 Å². The maximum absolute atomic E-state index is 12.8. The molecule has 1 amide bonds. The minimum Gasteiger partial charge on any atom is -0.373 e. The highest BCUT2D eigenvalue weighted by Crippen LogP contribution is 2.23. The molecule has 0 bridgehead atoms. The third-order valence-corrected chi connectivity index (χ3v) is 5.82. The summed E-state index contributed by atoms with van der Waals surface area (Å²) in [4.78, 5) is 26.4. The average molecular weight is 374 g/mol. The Morgan fingerprint density at radius 3 is 2.89 bits per heavy atom. The lowest BCUT2D eigenvalue weighted by atomic mass is 9.98. The number of hydrogen-bond donors (Lipinski definition) is 1. The number of piperidine rings is 1. The largest absolute Gasteiger partial charge is 0.373 e. The van der Waals surface area contributed by atoms with E-state index < -0.39 is 0 Å². The maximum Gasteiger partial charge on any atom is 0.237 e. The number of ether oxygens (including phenoxy) is 1. The summed E-state index contributed by atoms with van der Waals surface area (Å²) in [6, 6.07) is 0. The van der Waals surface area contributed by atoms with Gasteiger partial charge < -0.3 is 15.0 Å². The van der Waals surface area contributed by atoms with Gasteiger partial charge in [-0.25, -0.2) is 9.97 Å². The molecule has 0 saturated carbocycles. The minimum atomic E-state index is 0.185. The van der Waals surface area contributed by atoms with Gasteiger partial charge in [-0.15, -0.1) is 0 Å². The number of rotatable bonds is 3. The molecule has 3 atom stereocenters. The fourth-order valence-electron chi connectivity index (χ4n) is 4.52. The van der Waals surface area contributed by atoms with Gasteiger partial charge in [0.05, 0.1) is 24.4 Å². The van der Waals surface area contributed by atoms with Crippen LogP contribution in [-0.4, -0.2) is 77.2 Å². The number of hydrogen-bond acceptors (Lipinski definition) is 6. The maximum atomic E-state index is 12.8. The number of carbonyl (C=O) groups excluding carboxylic acids is 1. The van der Waals surface area contributed by atoms with Crippen LogP contribution in [0.3, 0.4) is 0 Å². The van der Waals surface area contributed by atoms with Crippen LogP contribution in [0.15, 0.2) is 6.20 Å². The summed E-state index contributed by atoms with van der Waals surface area (Å²) in [5, 5.41) is 3.43. The van der Waals surface area contributed by atoms with Gasteiger partial charge in [-0.05, 0) is 33.2 Å². The van der Waals surface area contributed by atoms with Gasteiger partial charge in [0, 0.05) is 56.8 Å². The van der Waals surface area contributed by atoms with Crippen molar-refractivity contribution in [3.05, 3.63) is 23.3 Å². The first-order chi connectivity index (χ1) is 13.1. The Balaban J connectivity index is 1.37. The first kappa shape index (κ1) is 18.8. The second-order valence-electron chi connectivity index (χ2n) is 8.26. The van der Waals surface area contributed by atoms with Crippen molar-refractivity contribution >= 4 is 5.91 Å². The summed E-state index contributed by atoms with van der Waals surface area (Å²) in [6.07, 6.45) is 5.49. The monoisotopic (exact) mass is 373 g/mol. The molecule has 7 nitrogen and oxygen atoms in total. The topological polar surface area (TPSA) is 70.6 Å². The van der Waals surface area contributed by atoms with Crippen molar-refractivity contribution in [2.24, 2.45) is 0 Å². The number of amides is 1. The Kier molecular flexibility index (Phi) is 5.71. The van der Waals surface area contributed by atoms with E-state index in [0.717, 1.165) is 62.6 Å². The predicted octanol–water partition coefficient (Wildman–Crippen LogP) is 0.938. The lowest BCUT2D eigenvalue weighted by Crippen LogP contribution is -2.50. The summed E-state index contributed by atoms with van der Waals surface area (Å²) in [6.45, 7) is 9.71. The van der Waals surface area contributed by atoms with Gasteiger partial charge in [-0.2, -0.15) is 0 Å². The molecule has 0 radical (unpaired) electrons. The molecule has 1 N–H and O–H groups in total. The summed E-state index contributed by atoms with van der Waals surface area (Å²) in [5.74, 6) is 1.59.